The van der Waals surface area contributed by atoms with Crippen molar-refractivity contribution < 1.29 is 32.5 Å². The van der Waals surface area contributed by atoms with Gasteiger partial charge >= 0.3 is 12.5 Å². The molecule has 0 radical (unpaired) electrons. The van der Waals surface area contributed by atoms with Gasteiger partial charge in [-0.3, -0.25) is 0 Å². The molecule has 5 nitrogen and oxygen atoms in total. The second-order valence-electron chi connectivity index (χ2n) is 10.5. The first-order valence-electron chi connectivity index (χ1n) is 12.9. The van der Waals surface area contributed by atoms with Crippen molar-refractivity contribution >= 4 is 6.09 Å². The van der Waals surface area contributed by atoms with Gasteiger partial charge < -0.3 is 19.5 Å². The number of fused-ring (bicyclic) bond motifs is 5. The minimum Gasteiger partial charge on any atom is -0.448 e. The summed E-state index contributed by atoms with van der Waals surface area (Å²) in [4.78, 5) is 15.2. The maximum Gasteiger partial charge on any atom is 0.573 e. The minimum absolute atomic E-state index is 0.0367. The summed E-state index contributed by atoms with van der Waals surface area (Å²) in [7, 11) is 0. The van der Waals surface area contributed by atoms with Crippen LogP contribution in [0, 0.1) is 0 Å². The standard InChI is InChI=1S/C30H28F3NO4/c31-30(32,33)38-22-14-12-19(13-15-22)29(36)16-20-6-5-7-21(17-29)34(20)28(35)37-18-27-25-10-3-1-8-23(25)24-9-2-4-11-26(24)27/h1-4,8-15,20-21,27,36H,5-7,16-18H2. The molecule has 2 bridgehead atoms. The minimum atomic E-state index is -4.77. The van der Waals surface area contributed by atoms with Gasteiger partial charge in [-0.25, -0.2) is 4.79 Å². The highest BCUT2D eigenvalue weighted by Gasteiger charge is 2.49. The van der Waals surface area contributed by atoms with E-state index >= 15 is 0 Å². The molecule has 3 aliphatic rings. The predicted molar refractivity (Wildman–Crippen MR) is 135 cm³/mol. The highest BCUT2D eigenvalue weighted by atomic mass is 19.4. The Morgan fingerprint density at radius 3 is 2.00 bits per heavy atom. The summed E-state index contributed by atoms with van der Waals surface area (Å²) >= 11 is 0. The van der Waals surface area contributed by atoms with E-state index in [9.17, 15) is 23.1 Å². The average molecular weight is 524 g/mol. The molecule has 8 heteroatoms. The first-order chi connectivity index (χ1) is 18.2. The maximum atomic E-state index is 13.4. The molecule has 2 saturated heterocycles. The van der Waals surface area contributed by atoms with E-state index in [2.05, 4.69) is 29.0 Å². The Labute approximate surface area is 218 Å². The summed E-state index contributed by atoms with van der Waals surface area (Å²) in [6, 6.07) is 21.3. The van der Waals surface area contributed by atoms with Gasteiger partial charge in [0.15, 0.2) is 0 Å². The van der Waals surface area contributed by atoms with Gasteiger partial charge in [0.25, 0.3) is 0 Å². The van der Waals surface area contributed by atoms with Crippen molar-refractivity contribution in [2.75, 3.05) is 6.61 Å². The van der Waals surface area contributed by atoms with E-state index in [1.165, 1.54) is 24.3 Å². The molecule has 1 N–H and O–H groups in total. The van der Waals surface area contributed by atoms with Gasteiger partial charge in [-0.2, -0.15) is 0 Å². The van der Waals surface area contributed by atoms with Crippen LogP contribution >= 0.6 is 0 Å². The second kappa shape index (κ2) is 9.34. The summed E-state index contributed by atoms with van der Waals surface area (Å²) < 4.78 is 47.5. The van der Waals surface area contributed by atoms with Crippen molar-refractivity contribution in [1.82, 2.24) is 4.90 Å². The van der Waals surface area contributed by atoms with Gasteiger partial charge in [-0.15, -0.1) is 13.2 Å². The van der Waals surface area contributed by atoms with Crippen LogP contribution in [-0.4, -0.2) is 41.2 Å². The van der Waals surface area contributed by atoms with E-state index in [0.29, 0.717) is 18.4 Å². The van der Waals surface area contributed by atoms with E-state index in [-0.39, 0.29) is 36.5 Å². The van der Waals surface area contributed by atoms with Crippen molar-refractivity contribution in [2.45, 2.75) is 62.1 Å². The molecule has 3 aromatic rings. The number of amides is 1. The topological polar surface area (TPSA) is 59.0 Å². The molecule has 2 aliphatic heterocycles. The molecule has 1 amide bonds. The van der Waals surface area contributed by atoms with Crippen LogP contribution in [0.4, 0.5) is 18.0 Å². The monoisotopic (exact) mass is 523 g/mol. The van der Waals surface area contributed by atoms with Gasteiger partial charge in [0.1, 0.15) is 12.4 Å². The van der Waals surface area contributed by atoms with Gasteiger partial charge in [-0.05, 0) is 59.2 Å². The van der Waals surface area contributed by atoms with E-state index < -0.39 is 12.0 Å². The lowest BCUT2D eigenvalue weighted by Gasteiger charge is -2.51. The zero-order chi connectivity index (χ0) is 26.5. The molecule has 1 aliphatic carbocycles. The highest BCUT2D eigenvalue weighted by molar-refractivity contribution is 5.79. The zero-order valence-electron chi connectivity index (χ0n) is 20.7. The zero-order valence-corrected chi connectivity index (χ0v) is 20.7. The fourth-order valence-corrected chi connectivity index (χ4v) is 6.60. The third-order valence-corrected chi connectivity index (χ3v) is 8.18. The highest BCUT2D eigenvalue weighted by Crippen LogP contribution is 2.47. The largest absolute Gasteiger partial charge is 0.573 e. The molecule has 2 unspecified atom stereocenters. The quantitative estimate of drug-likeness (QED) is 0.412. The van der Waals surface area contributed by atoms with Crippen LogP contribution in [0.1, 0.15) is 54.7 Å². The molecule has 0 aromatic heterocycles. The van der Waals surface area contributed by atoms with Crippen molar-refractivity contribution in [1.29, 1.82) is 0 Å². The number of hydrogen-bond donors (Lipinski definition) is 1. The number of ether oxygens (including phenoxy) is 2. The van der Waals surface area contributed by atoms with Crippen molar-refractivity contribution in [2.24, 2.45) is 0 Å². The molecule has 38 heavy (non-hydrogen) atoms. The molecule has 3 aromatic carbocycles. The Morgan fingerprint density at radius 1 is 0.895 bits per heavy atom. The molecular formula is C30H28F3NO4. The molecule has 2 heterocycles. The number of nitrogens with zero attached hydrogens (tertiary/aromatic N) is 1. The van der Waals surface area contributed by atoms with Crippen molar-refractivity contribution in [3.05, 3.63) is 89.5 Å². The van der Waals surface area contributed by atoms with Crippen LogP contribution in [0.3, 0.4) is 0 Å². The third kappa shape index (κ3) is 4.51. The van der Waals surface area contributed by atoms with Crippen LogP contribution in [0.2, 0.25) is 0 Å². The van der Waals surface area contributed by atoms with Gasteiger partial charge in [0.2, 0.25) is 0 Å². The Bertz CT molecular complexity index is 1280. The van der Waals surface area contributed by atoms with E-state index in [0.717, 1.165) is 41.5 Å². The number of alkyl halides is 3. The molecule has 2 fully saturated rings. The lowest BCUT2D eigenvalue weighted by Crippen LogP contribution is -2.59. The predicted octanol–water partition coefficient (Wildman–Crippen LogP) is 6.74. The van der Waals surface area contributed by atoms with Crippen LogP contribution in [-0.2, 0) is 10.3 Å². The average Bonchev–Trinajstić information content (AvgIpc) is 3.20. The maximum absolute atomic E-state index is 13.4. The number of carbonyl (C=O) groups is 1. The first-order valence-corrected chi connectivity index (χ1v) is 12.9. The van der Waals surface area contributed by atoms with Crippen molar-refractivity contribution in [3.8, 4) is 16.9 Å². The van der Waals surface area contributed by atoms with Gasteiger partial charge in [0.05, 0.1) is 5.60 Å². The van der Waals surface area contributed by atoms with Crippen LogP contribution in [0.15, 0.2) is 72.8 Å². The summed E-state index contributed by atoms with van der Waals surface area (Å²) in [6.07, 6.45) is -2.14. The second-order valence-corrected chi connectivity index (χ2v) is 10.5. The van der Waals surface area contributed by atoms with E-state index in [1.54, 1.807) is 4.90 Å². The molecular weight excluding hydrogens is 495 g/mol. The van der Waals surface area contributed by atoms with Gasteiger partial charge in [0, 0.05) is 30.8 Å². The normalized spacial score (nSPS) is 24.5. The first kappa shape index (κ1) is 24.8. The summed E-state index contributed by atoms with van der Waals surface area (Å²) in [6.45, 7) is 0.230. The van der Waals surface area contributed by atoms with Crippen molar-refractivity contribution in [3.63, 3.8) is 0 Å². The fourth-order valence-electron chi connectivity index (χ4n) is 6.60. The third-order valence-electron chi connectivity index (χ3n) is 8.18. The summed E-state index contributed by atoms with van der Waals surface area (Å²) in [5.41, 5.74) is 3.90. The molecule has 198 valence electrons. The van der Waals surface area contributed by atoms with Crippen LogP contribution < -0.4 is 4.74 Å². The van der Waals surface area contributed by atoms with Crippen LogP contribution in [0.25, 0.3) is 11.1 Å². The number of benzene rings is 3. The molecule has 0 spiro atoms. The van der Waals surface area contributed by atoms with E-state index in [1.807, 2.05) is 24.3 Å². The Balaban J connectivity index is 1.16. The smallest absolute Gasteiger partial charge is 0.448 e. The molecule has 0 saturated carbocycles. The number of carbonyl (C=O) groups excluding carboxylic acids is 1. The Hall–Kier alpha value is -3.52. The summed E-state index contributed by atoms with van der Waals surface area (Å²) in [5, 5.41) is 11.6. The number of hydrogen-bond acceptors (Lipinski definition) is 4. The van der Waals surface area contributed by atoms with Crippen LogP contribution in [0.5, 0.6) is 5.75 Å². The molecule has 2 atom stereocenters. The van der Waals surface area contributed by atoms with E-state index in [4.69, 9.17) is 4.74 Å². The lowest BCUT2D eigenvalue weighted by atomic mass is 9.72. The molecule has 6 rings (SSSR count). The Morgan fingerprint density at radius 2 is 1.45 bits per heavy atom. The fraction of sp³-hybridized carbons (Fsp3) is 0.367. The SMILES string of the molecule is O=C(OCC1c2ccccc2-c2ccccc21)N1C2CCCC1CC(O)(c1ccc(OC(F)(F)F)cc1)C2. The number of aliphatic hydroxyl groups is 1. The Kier molecular flexibility index (Phi) is 6.10. The number of rotatable bonds is 4. The number of halogens is 3. The summed E-state index contributed by atoms with van der Waals surface area (Å²) in [5.74, 6) is -0.369. The lowest BCUT2D eigenvalue weighted by molar-refractivity contribution is -0.274. The number of piperidine rings is 2. The van der Waals surface area contributed by atoms with Gasteiger partial charge in [-0.1, -0.05) is 60.7 Å².